The van der Waals surface area contributed by atoms with Gasteiger partial charge in [0.15, 0.2) is 11.7 Å². The van der Waals surface area contributed by atoms with Gasteiger partial charge in [0.1, 0.15) is 0 Å². The molecule has 0 atom stereocenters. The summed E-state index contributed by atoms with van der Waals surface area (Å²) in [5.41, 5.74) is 0.551. The molecule has 146 valence electrons. The van der Waals surface area contributed by atoms with E-state index >= 15 is 0 Å². The topological polar surface area (TPSA) is 99.0 Å². The zero-order valence-electron chi connectivity index (χ0n) is 16.6. The molecular weight excluding hydrogens is 334 g/mol. The van der Waals surface area contributed by atoms with Gasteiger partial charge in [-0.15, -0.1) is 0 Å². The minimum Gasteiger partial charge on any atom is -0.459 e. The number of likely N-dealkylation sites (N-methyl/N-ethyl adjacent to an activating group) is 1. The van der Waals surface area contributed by atoms with Gasteiger partial charge in [0.05, 0.1) is 12.8 Å². The quantitative estimate of drug-likeness (QED) is 0.382. The summed E-state index contributed by atoms with van der Waals surface area (Å²) in [5, 5.41) is 8.91. The van der Waals surface area contributed by atoms with Crippen LogP contribution in [-0.4, -0.2) is 61.9 Å². The molecule has 1 rings (SSSR count). The number of carbonyl (C=O) groups excluding carboxylic acids is 2. The van der Waals surface area contributed by atoms with Crippen LogP contribution in [0.5, 0.6) is 0 Å². The van der Waals surface area contributed by atoms with E-state index in [1.165, 1.54) is 6.26 Å². The number of amides is 2. The third-order valence-corrected chi connectivity index (χ3v) is 3.46. The Morgan fingerprint density at radius 1 is 1.23 bits per heavy atom. The molecule has 0 fully saturated rings. The number of furan rings is 1. The van der Waals surface area contributed by atoms with Gasteiger partial charge in [-0.1, -0.05) is 0 Å². The monoisotopic (exact) mass is 365 g/mol. The van der Waals surface area contributed by atoms with E-state index in [-0.39, 0.29) is 23.9 Å². The molecule has 1 heterocycles. The number of hydrogen-bond donors (Lipinski definition) is 3. The average molecular weight is 365 g/mol. The van der Waals surface area contributed by atoms with Crippen LogP contribution in [0.1, 0.15) is 43.3 Å². The second-order valence-electron chi connectivity index (χ2n) is 7.17. The van der Waals surface area contributed by atoms with Crippen LogP contribution < -0.4 is 16.0 Å². The molecule has 8 nitrogen and oxygen atoms in total. The Morgan fingerprint density at radius 2 is 1.88 bits per heavy atom. The highest BCUT2D eigenvalue weighted by atomic mass is 16.3. The van der Waals surface area contributed by atoms with Crippen LogP contribution in [-0.2, 0) is 4.79 Å². The first-order valence-electron chi connectivity index (χ1n) is 8.69. The predicted molar refractivity (Wildman–Crippen MR) is 102 cm³/mol. The molecular formula is C18H31N5O3. The maximum absolute atomic E-state index is 12.0. The molecule has 3 N–H and O–H groups in total. The molecule has 1 aromatic rings. The predicted octanol–water partition coefficient (Wildman–Crippen LogP) is 1.13. The lowest BCUT2D eigenvalue weighted by molar-refractivity contribution is -0.122. The van der Waals surface area contributed by atoms with Crippen molar-refractivity contribution in [1.82, 2.24) is 20.9 Å². The largest absolute Gasteiger partial charge is 0.459 e. The fourth-order valence-corrected chi connectivity index (χ4v) is 2.31. The first-order chi connectivity index (χ1) is 12.1. The number of rotatable bonds is 7. The van der Waals surface area contributed by atoms with Crippen molar-refractivity contribution in [3.63, 3.8) is 0 Å². The van der Waals surface area contributed by atoms with Crippen molar-refractivity contribution in [2.45, 2.75) is 39.7 Å². The Balaban J connectivity index is 2.30. The van der Waals surface area contributed by atoms with Crippen LogP contribution in [0.15, 0.2) is 21.7 Å². The van der Waals surface area contributed by atoms with Crippen molar-refractivity contribution in [3.8, 4) is 0 Å². The maximum Gasteiger partial charge on any atom is 0.287 e. The molecule has 0 saturated carbocycles. The van der Waals surface area contributed by atoms with Crippen molar-refractivity contribution in [2.24, 2.45) is 4.99 Å². The summed E-state index contributed by atoms with van der Waals surface area (Å²) in [6.07, 6.45) is 2.22. The lowest BCUT2D eigenvalue weighted by atomic mass is 10.1. The molecule has 0 unspecified atom stereocenters. The number of nitrogens with one attached hydrogen (secondary N) is 3. The Morgan fingerprint density at radius 3 is 2.42 bits per heavy atom. The highest BCUT2D eigenvalue weighted by Gasteiger charge is 2.16. The van der Waals surface area contributed by atoms with Gasteiger partial charge in [-0.05, 0) is 40.2 Å². The van der Waals surface area contributed by atoms with Gasteiger partial charge < -0.3 is 25.3 Å². The number of hydrogen-bond acceptors (Lipinski definition) is 4. The van der Waals surface area contributed by atoms with Crippen LogP contribution in [0.2, 0.25) is 0 Å². The van der Waals surface area contributed by atoms with E-state index in [0.717, 1.165) is 5.56 Å². The summed E-state index contributed by atoms with van der Waals surface area (Å²) in [4.78, 5) is 29.8. The summed E-state index contributed by atoms with van der Waals surface area (Å²) in [6.45, 7) is 9.00. The highest BCUT2D eigenvalue weighted by molar-refractivity contribution is 5.92. The second kappa shape index (κ2) is 9.84. The Bertz CT molecular complexity index is 631. The number of nitrogens with zero attached hydrogens (tertiary/aromatic N) is 2. The molecule has 0 bridgehead atoms. The molecule has 0 aliphatic carbocycles. The molecule has 26 heavy (non-hydrogen) atoms. The van der Waals surface area contributed by atoms with E-state index in [1.807, 2.05) is 27.7 Å². The summed E-state index contributed by atoms with van der Waals surface area (Å²) >= 11 is 0. The van der Waals surface area contributed by atoms with Crippen molar-refractivity contribution in [1.29, 1.82) is 0 Å². The first kappa shape index (κ1) is 21.5. The van der Waals surface area contributed by atoms with Gasteiger partial charge in [-0.3, -0.25) is 14.6 Å². The maximum atomic E-state index is 12.0. The van der Waals surface area contributed by atoms with E-state index in [9.17, 15) is 9.59 Å². The molecule has 0 aromatic carbocycles. The SMILES string of the molecule is CN=C(NCCCNC(=O)c1occc1C)N(C)CC(=O)NC(C)(C)C. The van der Waals surface area contributed by atoms with Crippen molar-refractivity contribution in [2.75, 3.05) is 33.7 Å². The Labute approximate surface area is 155 Å². The molecule has 1 aromatic heterocycles. The molecule has 2 amide bonds. The van der Waals surface area contributed by atoms with Crippen LogP contribution in [0.3, 0.4) is 0 Å². The Hall–Kier alpha value is -2.51. The smallest absolute Gasteiger partial charge is 0.287 e. The number of carbonyl (C=O) groups is 2. The van der Waals surface area contributed by atoms with Crippen LogP contribution >= 0.6 is 0 Å². The molecule has 0 aliphatic heterocycles. The third kappa shape index (κ3) is 7.58. The third-order valence-electron chi connectivity index (χ3n) is 3.46. The van der Waals surface area contributed by atoms with E-state index in [0.29, 0.717) is 31.2 Å². The lowest BCUT2D eigenvalue weighted by Crippen LogP contribution is -2.49. The summed E-state index contributed by atoms with van der Waals surface area (Å²) in [7, 11) is 3.47. The molecule has 0 saturated heterocycles. The minimum atomic E-state index is -0.264. The number of aryl methyl sites for hydroxylation is 1. The standard InChI is InChI=1S/C18H31N5O3/c1-13-8-11-26-15(13)16(25)20-9-7-10-21-17(19-5)23(6)12-14(24)22-18(2,3)4/h8,11H,7,9-10,12H2,1-6H3,(H,19,21)(H,20,25)(H,22,24). The first-order valence-corrected chi connectivity index (χ1v) is 8.69. The molecule has 0 aliphatic rings. The highest BCUT2D eigenvalue weighted by Crippen LogP contribution is 2.07. The van der Waals surface area contributed by atoms with Gasteiger partial charge in [0.2, 0.25) is 5.91 Å². The molecule has 0 radical (unpaired) electrons. The Kier molecular flexibility index (Phi) is 8.15. The van der Waals surface area contributed by atoms with Gasteiger partial charge in [0.25, 0.3) is 5.91 Å². The zero-order valence-corrected chi connectivity index (χ0v) is 16.6. The van der Waals surface area contributed by atoms with E-state index < -0.39 is 0 Å². The molecule has 0 spiro atoms. The van der Waals surface area contributed by atoms with Gasteiger partial charge in [-0.2, -0.15) is 0 Å². The summed E-state index contributed by atoms with van der Waals surface area (Å²) in [6, 6.07) is 1.76. The normalized spacial score (nSPS) is 11.8. The van der Waals surface area contributed by atoms with Crippen molar-refractivity contribution in [3.05, 3.63) is 23.7 Å². The van der Waals surface area contributed by atoms with Crippen molar-refractivity contribution < 1.29 is 14.0 Å². The van der Waals surface area contributed by atoms with Crippen LogP contribution in [0.25, 0.3) is 0 Å². The lowest BCUT2D eigenvalue weighted by Gasteiger charge is -2.25. The fourth-order valence-electron chi connectivity index (χ4n) is 2.31. The summed E-state index contributed by atoms with van der Waals surface area (Å²) in [5.74, 6) is 0.692. The van der Waals surface area contributed by atoms with E-state index in [1.54, 1.807) is 25.1 Å². The van der Waals surface area contributed by atoms with Crippen molar-refractivity contribution >= 4 is 17.8 Å². The fraction of sp³-hybridized carbons (Fsp3) is 0.611. The van der Waals surface area contributed by atoms with E-state index in [2.05, 4.69) is 20.9 Å². The summed E-state index contributed by atoms with van der Waals surface area (Å²) < 4.78 is 5.15. The van der Waals surface area contributed by atoms with Gasteiger partial charge in [0, 0.05) is 38.3 Å². The van der Waals surface area contributed by atoms with Gasteiger partial charge >= 0.3 is 0 Å². The van der Waals surface area contributed by atoms with Crippen LogP contribution in [0, 0.1) is 6.92 Å². The van der Waals surface area contributed by atoms with Gasteiger partial charge in [-0.25, -0.2) is 0 Å². The average Bonchev–Trinajstić information content (AvgIpc) is 2.94. The molecule has 8 heteroatoms. The number of guanidine groups is 1. The number of aliphatic imine (C=N–C) groups is 1. The minimum absolute atomic E-state index is 0.0657. The second-order valence-corrected chi connectivity index (χ2v) is 7.17. The zero-order chi connectivity index (χ0) is 19.7. The van der Waals surface area contributed by atoms with Crippen LogP contribution in [0.4, 0.5) is 0 Å². The van der Waals surface area contributed by atoms with E-state index in [4.69, 9.17) is 4.42 Å².